The summed E-state index contributed by atoms with van der Waals surface area (Å²) in [7, 11) is -0.582. The molecule has 0 unspecified atom stereocenters. The summed E-state index contributed by atoms with van der Waals surface area (Å²) in [4.78, 5) is 5.01. The largest absolute Gasteiger partial charge is 0.416 e. The molecule has 8 rings (SSSR count). The second-order valence-corrected chi connectivity index (χ2v) is 26.7. The summed E-state index contributed by atoms with van der Waals surface area (Å²) in [6.45, 7) is 13.8. The van der Waals surface area contributed by atoms with Crippen molar-refractivity contribution in [3.63, 3.8) is 0 Å². The van der Waals surface area contributed by atoms with Gasteiger partial charge in [-0.25, -0.2) is 4.98 Å². The van der Waals surface area contributed by atoms with Crippen LogP contribution in [-0.4, -0.2) is 21.4 Å². The number of fused-ring (bicyclic) bond motifs is 1. The van der Waals surface area contributed by atoms with Gasteiger partial charge in [-0.1, -0.05) is 126 Å². The molecule has 5 aromatic carbocycles. The van der Waals surface area contributed by atoms with E-state index in [1.165, 1.54) is 36.8 Å². The summed E-state index contributed by atoms with van der Waals surface area (Å²) < 4.78 is 348. The van der Waals surface area contributed by atoms with Crippen molar-refractivity contribution >= 4 is 36.1 Å². The number of aryl methyl sites for hydroxylation is 1. The van der Waals surface area contributed by atoms with Gasteiger partial charge in [0.25, 0.3) is 0 Å². The van der Waals surface area contributed by atoms with Crippen LogP contribution in [0.5, 0.6) is 0 Å². The van der Waals surface area contributed by atoms with Crippen LogP contribution in [0.15, 0.2) is 115 Å². The van der Waals surface area contributed by atoms with Gasteiger partial charge in [-0.3, -0.25) is 0 Å². The van der Waals surface area contributed by atoms with Gasteiger partial charge in [-0.15, -0.1) is 0 Å². The topological polar surface area (TPSA) is 22.1 Å². The molecule has 1 saturated carbocycles. The van der Waals surface area contributed by atoms with Crippen LogP contribution in [0.3, 0.4) is 0 Å². The number of pyridine rings is 1. The van der Waals surface area contributed by atoms with Gasteiger partial charge in [0.05, 0.1) is 55.9 Å². The van der Waals surface area contributed by atoms with Gasteiger partial charge < -0.3 is 4.52 Å². The number of hydrogen-bond acceptors (Lipinski definition) is 2. The Morgan fingerprint density at radius 2 is 0.637 bits per heavy atom. The summed E-state index contributed by atoms with van der Waals surface area (Å²) in [6.07, 6.45) is -38.6. The van der Waals surface area contributed by atoms with Crippen molar-refractivity contribution < 1.29 is 130 Å². The van der Waals surface area contributed by atoms with Gasteiger partial charge in [-0.05, 0) is 100 Å². The van der Waals surface area contributed by atoms with E-state index in [2.05, 4.69) is 104 Å². The molecule has 6 aromatic rings. The average molecular weight is 1520 g/mol. The van der Waals surface area contributed by atoms with E-state index in [0.29, 0.717) is 0 Å². The molecule has 2 aliphatic rings. The number of benzene rings is 5. The minimum atomic E-state index is -6.13. The quantitative estimate of drug-likeness (QED) is 0.0903. The maximum atomic E-state index is 14.2. The molecular weight excluding hydrogens is 1460 g/mol. The SMILES string of the molecule is CC(C)(C)P(O[C@H]1CCc2ccc(-c3ccccc3)nc21)C(C)(C)C.FC(F)(F)c1cc([B-](c2cc(C(F)(F)F)cc(C(F)(F)F)c2)(c2cc(C(F)(F)F)cc(C(F)(F)F)c2)c2cc(C(F)(F)F)cc(C(F)(F)F)c2)cc(C(F)(F)F)c1.[CH]1[CH]CC[CH][CH]CC1.[Ir]. The minimum Gasteiger partial charge on any atom is -0.349 e. The van der Waals surface area contributed by atoms with Crippen LogP contribution in [0.1, 0.15) is 136 Å². The van der Waals surface area contributed by atoms with Crippen LogP contribution in [0.2, 0.25) is 0 Å². The summed E-state index contributed by atoms with van der Waals surface area (Å²) >= 11 is 0. The fraction of sp³-hybridized carbons (Fsp3) is 0.371. The second-order valence-electron chi connectivity index (χ2n) is 23.2. The number of alkyl halides is 24. The average Bonchev–Trinajstić information content (AvgIpc) is 1.10. The van der Waals surface area contributed by atoms with Crippen molar-refractivity contribution in [1.82, 2.24) is 4.98 Å². The third-order valence-corrected chi connectivity index (χ3v) is 17.2. The molecule has 0 spiro atoms. The summed E-state index contributed by atoms with van der Waals surface area (Å²) in [6, 6.07) is 6.00. The van der Waals surface area contributed by atoms with E-state index in [1.54, 1.807) is 0 Å². The van der Waals surface area contributed by atoms with Crippen molar-refractivity contribution in [2.24, 2.45) is 0 Å². The van der Waals surface area contributed by atoms with E-state index in [9.17, 15) is 105 Å². The fourth-order valence-electron chi connectivity index (χ4n) is 10.7. The normalized spacial score (nSPS) is 16.0. The van der Waals surface area contributed by atoms with Gasteiger partial charge in [0, 0.05) is 44.1 Å². The molecule has 0 saturated heterocycles. The van der Waals surface area contributed by atoms with Crippen LogP contribution >= 0.6 is 8.15 Å². The van der Waals surface area contributed by atoms with Gasteiger partial charge in [0.15, 0.2) is 0 Å². The van der Waals surface area contributed by atoms with E-state index in [4.69, 9.17) is 9.51 Å². The monoisotopic (exact) mass is 1520 g/mol. The first-order valence-electron chi connectivity index (χ1n) is 27.1. The molecule has 1 aromatic heterocycles. The van der Waals surface area contributed by atoms with E-state index in [1.807, 2.05) is 6.07 Å². The van der Waals surface area contributed by atoms with Gasteiger partial charge in [0.2, 0.25) is 0 Å². The molecule has 1 heterocycles. The van der Waals surface area contributed by atoms with Crippen molar-refractivity contribution in [2.45, 2.75) is 146 Å². The Labute approximate surface area is 523 Å². The second kappa shape index (κ2) is 27.9. The molecule has 29 heteroatoms. The van der Waals surface area contributed by atoms with Gasteiger partial charge in [-0.2, -0.15) is 127 Å². The third-order valence-electron chi connectivity index (χ3n) is 14.3. The summed E-state index contributed by atoms with van der Waals surface area (Å²) in [5.41, 5.74) is -25.5. The minimum absolute atomic E-state index is 0. The van der Waals surface area contributed by atoms with Gasteiger partial charge >= 0.3 is 49.4 Å². The molecule has 499 valence electrons. The van der Waals surface area contributed by atoms with Crippen LogP contribution in [-0.2, 0) is 80.5 Å². The number of halogens is 24. The van der Waals surface area contributed by atoms with Crippen molar-refractivity contribution in [3.05, 3.63) is 197 Å². The molecule has 0 N–H and O–H groups in total. The first kappa shape index (κ1) is 76.4. The fourth-order valence-corrected chi connectivity index (χ4v) is 13.8. The Bertz CT molecular complexity index is 2950. The zero-order chi connectivity index (χ0) is 67.8. The van der Waals surface area contributed by atoms with E-state index < -0.39 is 203 Å². The van der Waals surface area contributed by atoms with Crippen LogP contribution in [0.4, 0.5) is 105 Å². The zero-order valence-electron chi connectivity index (χ0n) is 48.4. The molecule has 1 fully saturated rings. The summed E-state index contributed by atoms with van der Waals surface area (Å²) in [5.74, 6) is 0. The van der Waals surface area contributed by atoms with Crippen LogP contribution < -0.4 is 21.9 Å². The Hall–Kier alpha value is -5.33. The molecule has 0 bridgehead atoms. The van der Waals surface area contributed by atoms with Crippen LogP contribution in [0, 0.1) is 25.7 Å². The Kier molecular flexibility index (Phi) is 23.5. The molecule has 2 aliphatic carbocycles. The van der Waals surface area contributed by atoms with Crippen molar-refractivity contribution in [1.29, 1.82) is 0 Å². The molecule has 1 atom stereocenters. The first-order valence-corrected chi connectivity index (χ1v) is 28.4. The first-order chi connectivity index (χ1) is 40.9. The molecule has 91 heavy (non-hydrogen) atoms. The van der Waals surface area contributed by atoms with E-state index >= 15 is 0 Å². The molecule has 0 aliphatic heterocycles. The Balaban J connectivity index is 0.000000359. The molecule has 2 nitrogen and oxygen atoms in total. The van der Waals surface area contributed by atoms with Gasteiger partial charge in [0.1, 0.15) is 12.2 Å². The van der Waals surface area contributed by atoms with E-state index in [-0.39, 0.29) is 36.5 Å². The number of hydrogen-bond donors (Lipinski definition) is 0. The number of aromatic nitrogens is 1. The number of rotatable bonds is 7. The van der Waals surface area contributed by atoms with E-state index in [0.717, 1.165) is 24.2 Å². The molecular formula is C62H54BF24IrNOP-. The van der Waals surface area contributed by atoms with Crippen LogP contribution in [0.25, 0.3) is 11.3 Å². The smallest absolute Gasteiger partial charge is 0.349 e. The standard InChI is InChI=1S/C32H12BF24.C22H30NOP.C8H12.Ir/c34-25(35,36)13-1-14(26(37,38)39)6-21(5-13)33(22-7-15(27(40,41)42)2-16(8-22)28(43,44)45,23-9-17(29(46,47)48)3-18(10-23)30(49,50)51)24-11-19(31(52,53)54)4-20(12-24)32(55,56)57;1-21(2,3)25(22(4,5)6)24-19-15-13-17-12-14-18(23-20(17)19)16-10-8-7-9-11-16;1-2-4-6-8-7-5-3-1;/h1-12H;7-12,14,19H,13,15H2,1-6H3;1-2,7-8H,3-6H2;/q-1;;;/t;19-;;/m.0../s1. The maximum Gasteiger partial charge on any atom is 0.416 e. The summed E-state index contributed by atoms with van der Waals surface area (Å²) in [5, 5.41) is 0.320. The Morgan fingerprint density at radius 3 is 0.879 bits per heavy atom. The van der Waals surface area contributed by atoms with Crippen molar-refractivity contribution in [3.8, 4) is 11.3 Å². The van der Waals surface area contributed by atoms with Crippen molar-refractivity contribution in [2.75, 3.05) is 0 Å². The molecule has 0 amide bonds. The zero-order valence-corrected chi connectivity index (χ0v) is 51.7. The Morgan fingerprint density at radius 1 is 0.374 bits per heavy atom. The number of nitrogens with zero attached hydrogens (tertiary/aromatic N) is 1. The predicted molar refractivity (Wildman–Crippen MR) is 294 cm³/mol. The molecule has 5 radical (unpaired) electrons. The maximum absolute atomic E-state index is 14.2. The predicted octanol–water partition coefficient (Wildman–Crippen LogP) is 20.3. The third kappa shape index (κ3) is 19.4.